The van der Waals surface area contributed by atoms with Crippen molar-refractivity contribution in [3.8, 4) is 11.3 Å². The predicted octanol–water partition coefficient (Wildman–Crippen LogP) is 4.10. The molecule has 2 aliphatic rings. The molecule has 2 saturated heterocycles. The molecule has 3 aromatic rings. The fourth-order valence-electron chi connectivity index (χ4n) is 4.41. The summed E-state index contributed by atoms with van der Waals surface area (Å²) in [6, 6.07) is 9.90. The molecule has 10 heteroatoms. The van der Waals surface area contributed by atoms with E-state index in [1.807, 2.05) is 0 Å². The third-order valence-electron chi connectivity index (χ3n) is 5.97. The molecule has 31 heavy (non-hydrogen) atoms. The maximum atomic E-state index is 13.9. The van der Waals surface area contributed by atoms with Gasteiger partial charge in [-0.15, -0.1) is 0 Å². The van der Waals surface area contributed by atoms with Crippen molar-refractivity contribution in [2.45, 2.75) is 25.1 Å². The molecular weight excluding hydrogens is 475 g/mol. The lowest BCUT2D eigenvalue weighted by Gasteiger charge is -2.37. The van der Waals surface area contributed by atoms with Crippen LogP contribution in [0.15, 0.2) is 40.9 Å². The van der Waals surface area contributed by atoms with E-state index in [1.54, 1.807) is 35.2 Å². The molecule has 6 nitrogen and oxygen atoms in total. The third-order valence-corrected chi connectivity index (χ3v) is 6.70. The first-order valence-electron chi connectivity index (χ1n) is 10.1. The summed E-state index contributed by atoms with van der Waals surface area (Å²) in [4.78, 5) is 21.6. The minimum absolute atomic E-state index is 0.0310. The van der Waals surface area contributed by atoms with Crippen molar-refractivity contribution in [1.82, 2.24) is 24.4 Å². The van der Waals surface area contributed by atoms with E-state index in [2.05, 4.69) is 30.9 Å². The van der Waals surface area contributed by atoms with Gasteiger partial charge < -0.3 is 4.90 Å². The Morgan fingerprint density at radius 3 is 2.65 bits per heavy atom. The van der Waals surface area contributed by atoms with Crippen LogP contribution >= 0.6 is 15.9 Å². The summed E-state index contributed by atoms with van der Waals surface area (Å²) in [6.07, 6.45) is -2.53. The molecule has 2 aromatic heterocycles. The van der Waals surface area contributed by atoms with Crippen molar-refractivity contribution >= 4 is 27.5 Å². The number of benzene rings is 1. The summed E-state index contributed by atoms with van der Waals surface area (Å²) in [5, 5.41) is 4.06. The van der Waals surface area contributed by atoms with Crippen LogP contribution in [0.1, 0.15) is 29.0 Å². The normalized spacial score (nSPS) is 19.7. The molecular formula is C21H19BrF3N5O. The highest BCUT2D eigenvalue weighted by Gasteiger charge is 2.38. The Balaban J connectivity index is 1.59. The molecule has 4 heterocycles. The van der Waals surface area contributed by atoms with Crippen molar-refractivity contribution in [1.29, 1.82) is 0 Å². The Labute approximate surface area is 184 Å². The lowest BCUT2D eigenvalue weighted by atomic mass is 10.1. The van der Waals surface area contributed by atoms with Crippen molar-refractivity contribution < 1.29 is 18.0 Å². The van der Waals surface area contributed by atoms with Gasteiger partial charge in [-0.2, -0.15) is 18.3 Å². The molecule has 1 aromatic carbocycles. The quantitative estimate of drug-likeness (QED) is 0.539. The Kier molecular flexibility index (Phi) is 5.01. The highest BCUT2D eigenvalue weighted by Crippen LogP contribution is 2.35. The van der Waals surface area contributed by atoms with E-state index in [0.717, 1.165) is 36.5 Å². The number of piperazine rings is 1. The van der Waals surface area contributed by atoms with E-state index in [1.165, 1.54) is 0 Å². The van der Waals surface area contributed by atoms with Gasteiger partial charge in [-0.25, -0.2) is 9.50 Å². The number of fused-ring (bicyclic) bond motifs is 2. The van der Waals surface area contributed by atoms with Crippen LogP contribution in [0.5, 0.6) is 0 Å². The maximum absolute atomic E-state index is 13.9. The van der Waals surface area contributed by atoms with Gasteiger partial charge in [0.05, 0.1) is 10.2 Å². The topological polar surface area (TPSA) is 53.7 Å². The van der Waals surface area contributed by atoms with E-state index in [4.69, 9.17) is 0 Å². The molecule has 0 spiro atoms. The van der Waals surface area contributed by atoms with E-state index in [-0.39, 0.29) is 27.4 Å². The number of carbonyl (C=O) groups is 1. The Morgan fingerprint density at radius 1 is 1.13 bits per heavy atom. The molecule has 0 unspecified atom stereocenters. The number of carbonyl (C=O) groups excluding carboxylic acids is 1. The zero-order valence-electron chi connectivity index (χ0n) is 16.4. The second-order valence-electron chi connectivity index (χ2n) is 7.87. The van der Waals surface area contributed by atoms with Gasteiger partial charge in [0.15, 0.2) is 17.0 Å². The van der Waals surface area contributed by atoms with Gasteiger partial charge in [-0.3, -0.25) is 9.69 Å². The number of rotatable bonds is 2. The van der Waals surface area contributed by atoms with Gasteiger partial charge in [0, 0.05) is 31.2 Å². The van der Waals surface area contributed by atoms with Gasteiger partial charge in [0.25, 0.3) is 5.91 Å². The molecule has 1 amide bonds. The van der Waals surface area contributed by atoms with E-state index in [9.17, 15) is 18.0 Å². The molecule has 0 bridgehead atoms. The van der Waals surface area contributed by atoms with Crippen LogP contribution in [-0.4, -0.2) is 62.5 Å². The Hall–Kier alpha value is -2.46. The van der Waals surface area contributed by atoms with Crippen LogP contribution in [0.4, 0.5) is 13.2 Å². The van der Waals surface area contributed by atoms with Crippen LogP contribution in [0.25, 0.3) is 16.9 Å². The molecule has 0 N–H and O–H groups in total. The summed E-state index contributed by atoms with van der Waals surface area (Å²) in [6.45, 7) is 2.90. The first-order chi connectivity index (χ1) is 14.8. The molecule has 0 saturated carbocycles. The molecule has 2 aliphatic heterocycles. The molecule has 1 atom stereocenters. The van der Waals surface area contributed by atoms with Crippen molar-refractivity contribution in [3.05, 3.63) is 52.3 Å². The van der Waals surface area contributed by atoms with E-state index in [0.29, 0.717) is 24.7 Å². The summed E-state index contributed by atoms with van der Waals surface area (Å²) >= 11 is 3.31. The SMILES string of the molecule is O=C(c1nn2c(C(F)(F)F)cc(-c3ccccc3)nc2c1Br)N1CCN2CCC[C@H]2C1. The first kappa shape index (κ1) is 20.4. The fraction of sp³-hybridized carbons (Fsp3) is 0.381. The average Bonchev–Trinajstić information content (AvgIpc) is 3.36. The minimum atomic E-state index is -4.66. The zero-order valence-corrected chi connectivity index (χ0v) is 18.0. The summed E-state index contributed by atoms with van der Waals surface area (Å²) < 4.78 is 42.5. The van der Waals surface area contributed by atoms with Crippen molar-refractivity contribution in [2.75, 3.05) is 26.2 Å². The molecule has 0 radical (unpaired) electrons. The fourth-order valence-corrected chi connectivity index (χ4v) is 4.92. The number of aromatic nitrogens is 3. The van der Waals surface area contributed by atoms with Crippen LogP contribution < -0.4 is 0 Å². The monoisotopic (exact) mass is 493 g/mol. The number of hydrogen-bond donors (Lipinski definition) is 0. The van der Waals surface area contributed by atoms with Crippen LogP contribution in [0.3, 0.4) is 0 Å². The van der Waals surface area contributed by atoms with Gasteiger partial charge >= 0.3 is 6.18 Å². The van der Waals surface area contributed by atoms with Crippen molar-refractivity contribution in [3.63, 3.8) is 0 Å². The smallest absolute Gasteiger partial charge is 0.334 e. The summed E-state index contributed by atoms with van der Waals surface area (Å²) in [5.74, 6) is -0.377. The minimum Gasteiger partial charge on any atom is -0.334 e. The van der Waals surface area contributed by atoms with Crippen molar-refractivity contribution in [2.24, 2.45) is 0 Å². The zero-order chi connectivity index (χ0) is 21.8. The number of halogens is 4. The lowest BCUT2D eigenvalue weighted by molar-refractivity contribution is -0.142. The van der Waals surface area contributed by atoms with Gasteiger partial charge in [0.1, 0.15) is 0 Å². The predicted molar refractivity (Wildman–Crippen MR) is 112 cm³/mol. The Morgan fingerprint density at radius 2 is 1.90 bits per heavy atom. The van der Waals surface area contributed by atoms with Crippen LogP contribution in [-0.2, 0) is 6.18 Å². The number of nitrogens with zero attached hydrogens (tertiary/aromatic N) is 5. The second kappa shape index (κ2) is 7.59. The lowest BCUT2D eigenvalue weighted by Crippen LogP contribution is -2.52. The van der Waals surface area contributed by atoms with Gasteiger partial charge in [-0.1, -0.05) is 30.3 Å². The number of amides is 1. The third kappa shape index (κ3) is 3.61. The van der Waals surface area contributed by atoms with Gasteiger partial charge in [-0.05, 0) is 41.4 Å². The first-order valence-corrected chi connectivity index (χ1v) is 10.9. The number of hydrogen-bond acceptors (Lipinski definition) is 4. The molecule has 162 valence electrons. The molecule has 5 rings (SSSR count). The molecule has 2 fully saturated rings. The largest absolute Gasteiger partial charge is 0.433 e. The number of alkyl halides is 3. The second-order valence-corrected chi connectivity index (χ2v) is 8.66. The highest BCUT2D eigenvalue weighted by atomic mass is 79.9. The van der Waals surface area contributed by atoms with Gasteiger partial charge in [0.2, 0.25) is 0 Å². The standard InChI is InChI=1S/C21H19BrF3N5O/c22-17-18(20(31)29-10-9-28-8-4-7-14(28)12-29)27-30-16(21(23,24)25)11-15(26-19(17)30)13-5-2-1-3-6-13/h1-3,5-6,11,14H,4,7-10,12H2/t14-/m0/s1. The summed E-state index contributed by atoms with van der Waals surface area (Å²) in [7, 11) is 0. The maximum Gasteiger partial charge on any atom is 0.433 e. The summed E-state index contributed by atoms with van der Waals surface area (Å²) in [5.41, 5.74) is -0.337. The highest BCUT2D eigenvalue weighted by molar-refractivity contribution is 9.10. The molecule has 0 aliphatic carbocycles. The average molecular weight is 494 g/mol. The van der Waals surface area contributed by atoms with E-state index >= 15 is 0 Å². The van der Waals surface area contributed by atoms with Crippen LogP contribution in [0, 0.1) is 0 Å². The van der Waals surface area contributed by atoms with E-state index < -0.39 is 11.9 Å². The van der Waals surface area contributed by atoms with Crippen LogP contribution in [0.2, 0.25) is 0 Å². The Bertz CT molecular complexity index is 1150.